The number of rotatable bonds is 4. The molecule has 7 aromatic carbocycles. The Bertz CT molecular complexity index is 2220. The van der Waals surface area contributed by atoms with Crippen LogP contribution >= 0.6 is 0 Å². The minimum Gasteiger partial charge on any atom is -0.309 e. The average Bonchev–Trinajstić information content (AvgIpc) is 3.48. The number of hydrogen-bond donors (Lipinski definition) is 0. The number of hydrogen-bond acceptors (Lipinski definition) is 0. The van der Waals surface area contributed by atoms with E-state index in [9.17, 15) is 0 Å². The molecule has 1 heteroatoms. The molecule has 0 spiro atoms. The third-order valence-electron chi connectivity index (χ3n) is 8.99. The first kappa shape index (κ1) is 30.9. The summed E-state index contributed by atoms with van der Waals surface area (Å²) < 4.78 is 2.51. The molecule has 0 aliphatic heterocycles. The van der Waals surface area contributed by atoms with Crippen molar-refractivity contribution in [2.24, 2.45) is 0 Å². The summed E-state index contributed by atoms with van der Waals surface area (Å²) >= 11 is 0. The first-order valence-electron chi connectivity index (χ1n) is 16.7. The van der Waals surface area contributed by atoms with E-state index in [0.717, 1.165) is 6.42 Å². The Labute approximate surface area is 273 Å². The Hall–Kier alpha value is -5.14. The van der Waals surface area contributed by atoms with Crippen molar-refractivity contribution in [3.05, 3.63) is 163 Å². The molecule has 8 rings (SSSR count). The van der Waals surface area contributed by atoms with Gasteiger partial charge in [0.25, 0.3) is 0 Å². The molecule has 1 atom stereocenters. The third-order valence-corrected chi connectivity index (χ3v) is 8.99. The lowest BCUT2D eigenvalue weighted by atomic mass is 9.95. The maximum atomic E-state index is 2.51. The standard InChI is InChI=1S/C36H29N.C7H8.C2H6/c1-3-24(2)26-20-21-33-34(23-26)37(28-15-11-14-27(22-28)25-12-5-4-6-13-25)36-32-19-10-8-17-30(32)29-16-7-9-18-31(29)35(33)36;1-7-5-3-2-4-6-7;1-2/h4-24H,3H2,1-2H3;2-6H,1H3;1-2H3. The smallest absolute Gasteiger partial charge is 0.0625 e. The van der Waals surface area contributed by atoms with Gasteiger partial charge in [0.15, 0.2) is 0 Å². The van der Waals surface area contributed by atoms with Gasteiger partial charge in [0.2, 0.25) is 0 Å². The largest absolute Gasteiger partial charge is 0.309 e. The molecule has 1 nitrogen and oxygen atoms in total. The molecule has 0 aliphatic carbocycles. The van der Waals surface area contributed by atoms with E-state index in [4.69, 9.17) is 0 Å². The molecule has 1 unspecified atom stereocenters. The zero-order valence-electron chi connectivity index (χ0n) is 27.7. The van der Waals surface area contributed by atoms with Crippen LogP contribution in [0.3, 0.4) is 0 Å². The lowest BCUT2D eigenvalue weighted by Gasteiger charge is -2.14. The van der Waals surface area contributed by atoms with Crippen LogP contribution in [0.5, 0.6) is 0 Å². The van der Waals surface area contributed by atoms with Gasteiger partial charge in [-0.25, -0.2) is 0 Å². The van der Waals surface area contributed by atoms with Crippen molar-refractivity contribution >= 4 is 43.4 Å². The molecule has 0 N–H and O–H groups in total. The summed E-state index contributed by atoms with van der Waals surface area (Å²) in [4.78, 5) is 0. The molecule has 1 aromatic heterocycles. The second kappa shape index (κ2) is 13.9. The molecule has 0 saturated carbocycles. The fraction of sp³-hybridized carbons (Fsp3) is 0.156. The second-order valence-electron chi connectivity index (χ2n) is 11.8. The molecular weight excluding hydrogens is 555 g/mol. The van der Waals surface area contributed by atoms with Crippen molar-refractivity contribution in [2.45, 2.75) is 47.0 Å². The molecule has 8 aromatic rings. The summed E-state index contributed by atoms with van der Waals surface area (Å²) in [6, 6.07) is 54.8. The predicted octanol–water partition coefficient (Wildman–Crippen LogP) is 13.3. The van der Waals surface area contributed by atoms with E-state index >= 15 is 0 Å². The van der Waals surface area contributed by atoms with E-state index in [1.54, 1.807) is 0 Å². The Morgan fingerprint density at radius 1 is 0.522 bits per heavy atom. The fourth-order valence-electron chi connectivity index (χ4n) is 6.49. The fourth-order valence-corrected chi connectivity index (χ4v) is 6.49. The van der Waals surface area contributed by atoms with E-state index in [1.807, 2.05) is 32.0 Å². The normalized spacial score (nSPS) is 11.6. The van der Waals surface area contributed by atoms with Gasteiger partial charge < -0.3 is 4.57 Å². The Kier molecular flexibility index (Phi) is 9.31. The molecule has 0 amide bonds. The molecule has 0 bridgehead atoms. The van der Waals surface area contributed by atoms with Crippen molar-refractivity contribution < 1.29 is 0 Å². The zero-order chi connectivity index (χ0) is 32.0. The van der Waals surface area contributed by atoms with Gasteiger partial charge in [-0.1, -0.05) is 167 Å². The molecule has 0 radical (unpaired) electrons. The van der Waals surface area contributed by atoms with Crippen molar-refractivity contribution in [1.82, 2.24) is 4.57 Å². The monoisotopic (exact) mass is 597 g/mol. The summed E-state index contributed by atoms with van der Waals surface area (Å²) in [5.74, 6) is 0.514. The van der Waals surface area contributed by atoms with Gasteiger partial charge in [-0.15, -0.1) is 0 Å². The van der Waals surface area contributed by atoms with Gasteiger partial charge in [0.05, 0.1) is 11.0 Å². The van der Waals surface area contributed by atoms with Gasteiger partial charge in [0.1, 0.15) is 0 Å². The SMILES string of the molecule is CC.CCC(C)c1ccc2c3c4ccccc4c4ccccc4c3n(-c3cccc(-c4ccccc4)c3)c2c1.Cc1ccccc1. The van der Waals surface area contributed by atoms with Crippen molar-refractivity contribution in [3.8, 4) is 16.8 Å². The maximum Gasteiger partial charge on any atom is 0.0625 e. The van der Waals surface area contributed by atoms with Crippen LogP contribution in [0.2, 0.25) is 0 Å². The second-order valence-corrected chi connectivity index (χ2v) is 11.8. The van der Waals surface area contributed by atoms with Crippen LogP contribution in [0.4, 0.5) is 0 Å². The highest BCUT2D eigenvalue weighted by Gasteiger charge is 2.20. The number of benzene rings is 7. The van der Waals surface area contributed by atoms with Gasteiger partial charge >= 0.3 is 0 Å². The molecule has 228 valence electrons. The van der Waals surface area contributed by atoms with Crippen molar-refractivity contribution in [3.63, 3.8) is 0 Å². The topological polar surface area (TPSA) is 4.93 Å². The van der Waals surface area contributed by atoms with Crippen LogP contribution in [0, 0.1) is 6.92 Å². The average molecular weight is 598 g/mol. The van der Waals surface area contributed by atoms with Crippen LogP contribution < -0.4 is 0 Å². The highest BCUT2D eigenvalue weighted by Crippen LogP contribution is 2.43. The summed E-state index contributed by atoms with van der Waals surface area (Å²) in [6.07, 6.45) is 1.13. The predicted molar refractivity (Wildman–Crippen MR) is 202 cm³/mol. The van der Waals surface area contributed by atoms with Gasteiger partial charge in [-0.3, -0.25) is 0 Å². The number of nitrogens with zero attached hydrogens (tertiary/aromatic N) is 1. The van der Waals surface area contributed by atoms with Crippen LogP contribution in [0.15, 0.2) is 152 Å². The lowest BCUT2D eigenvalue weighted by molar-refractivity contribution is 0.734. The van der Waals surface area contributed by atoms with E-state index in [2.05, 4.69) is 159 Å². The Balaban J connectivity index is 0.000000363. The molecule has 0 saturated heterocycles. The number of aryl methyl sites for hydroxylation is 1. The minimum atomic E-state index is 0.514. The van der Waals surface area contributed by atoms with Crippen LogP contribution in [-0.2, 0) is 0 Å². The van der Waals surface area contributed by atoms with E-state index in [1.165, 1.54) is 71.3 Å². The van der Waals surface area contributed by atoms with Crippen LogP contribution in [0.25, 0.3) is 60.2 Å². The van der Waals surface area contributed by atoms with Crippen molar-refractivity contribution in [1.29, 1.82) is 0 Å². The highest BCUT2D eigenvalue weighted by molar-refractivity contribution is 6.32. The molecule has 1 heterocycles. The lowest BCUT2D eigenvalue weighted by Crippen LogP contribution is -1.97. The van der Waals surface area contributed by atoms with Crippen LogP contribution in [-0.4, -0.2) is 4.57 Å². The summed E-state index contributed by atoms with van der Waals surface area (Å²) in [6.45, 7) is 10.7. The van der Waals surface area contributed by atoms with Gasteiger partial charge in [-0.05, 0) is 70.3 Å². The number of aromatic nitrogens is 1. The molecular formula is C45H43N. The van der Waals surface area contributed by atoms with E-state index in [-0.39, 0.29) is 0 Å². The maximum absolute atomic E-state index is 2.51. The first-order chi connectivity index (χ1) is 22.6. The molecule has 46 heavy (non-hydrogen) atoms. The third kappa shape index (κ3) is 5.82. The Morgan fingerprint density at radius 2 is 1.09 bits per heavy atom. The van der Waals surface area contributed by atoms with Crippen molar-refractivity contribution in [2.75, 3.05) is 0 Å². The Morgan fingerprint density at radius 3 is 1.72 bits per heavy atom. The minimum absolute atomic E-state index is 0.514. The van der Waals surface area contributed by atoms with E-state index in [0.29, 0.717) is 5.92 Å². The van der Waals surface area contributed by atoms with Gasteiger partial charge in [-0.2, -0.15) is 0 Å². The highest BCUT2D eigenvalue weighted by atomic mass is 15.0. The summed E-state index contributed by atoms with van der Waals surface area (Å²) in [5.41, 5.74) is 8.95. The van der Waals surface area contributed by atoms with Gasteiger partial charge in [0, 0.05) is 21.8 Å². The first-order valence-corrected chi connectivity index (χ1v) is 16.7. The summed E-state index contributed by atoms with van der Waals surface area (Å²) in [5, 5.41) is 7.88. The quantitative estimate of drug-likeness (QED) is 0.178. The number of fused-ring (bicyclic) bond motifs is 8. The summed E-state index contributed by atoms with van der Waals surface area (Å²) in [7, 11) is 0. The van der Waals surface area contributed by atoms with E-state index < -0.39 is 0 Å². The van der Waals surface area contributed by atoms with Crippen LogP contribution in [0.1, 0.15) is 51.2 Å². The zero-order valence-corrected chi connectivity index (χ0v) is 27.7. The molecule has 0 aliphatic rings. The molecule has 0 fully saturated rings.